The number of aliphatic carboxylic acids is 1. The molecule has 0 saturated carbocycles. The van der Waals surface area contributed by atoms with Crippen LogP contribution in [-0.4, -0.2) is 64.9 Å². The third-order valence-corrected chi connectivity index (χ3v) is 5.73. The number of benzene rings is 1. The third-order valence-electron chi connectivity index (χ3n) is 5.73. The van der Waals surface area contributed by atoms with Crippen LogP contribution in [0.15, 0.2) is 30.3 Å². The highest BCUT2D eigenvalue weighted by atomic mass is 16.4. The highest BCUT2D eigenvalue weighted by molar-refractivity contribution is 5.85. The molecular formula is C21H29N3O4. The normalized spacial score (nSPS) is 21.9. The van der Waals surface area contributed by atoms with Crippen molar-refractivity contribution in [1.29, 1.82) is 0 Å². The Kier molecular flexibility index (Phi) is 7.03. The molecule has 2 N–H and O–H groups in total. The second-order valence-electron chi connectivity index (χ2n) is 7.68. The Morgan fingerprint density at radius 1 is 1.04 bits per heavy atom. The van der Waals surface area contributed by atoms with Crippen molar-refractivity contribution < 1.29 is 19.5 Å². The first-order valence-corrected chi connectivity index (χ1v) is 10.1. The van der Waals surface area contributed by atoms with Crippen LogP contribution in [0, 0.1) is 5.92 Å². The topological polar surface area (TPSA) is 89.9 Å². The van der Waals surface area contributed by atoms with Crippen molar-refractivity contribution >= 4 is 17.8 Å². The number of hydrogen-bond acceptors (Lipinski definition) is 4. The first-order chi connectivity index (χ1) is 13.5. The van der Waals surface area contributed by atoms with E-state index in [2.05, 4.69) is 10.2 Å². The van der Waals surface area contributed by atoms with Gasteiger partial charge in [0.05, 0.1) is 6.04 Å². The summed E-state index contributed by atoms with van der Waals surface area (Å²) in [6, 6.07) is 9.59. The van der Waals surface area contributed by atoms with Crippen molar-refractivity contribution in [2.45, 2.75) is 44.7 Å². The van der Waals surface area contributed by atoms with E-state index in [0.717, 1.165) is 37.7 Å². The summed E-state index contributed by atoms with van der Waals surface area (Å²) in [6.45, 7) is 2.21. The van der Waals surface area contributed by atoms with E-state index in [1.807, 2.05) is 30.3 Å². The van der Waals surface area contributed by atoms with Gasteiger partial charge in [0.15, 0.2) is 0 Å². The molecule has 2 aliphatic rings. The minimum atomic E-state index is -0.970. The van der Waals surface area contributed by atoms with Gasteiger partial charge in [-0.05, 0) is 50.8 Å². The highest BCUT2D eigenvalue weighted by Crippen LogP contribution is 2.24. The predicted octanol–water partition coefficient (Wildman–Crippen LogP) is 1.48. The Balaban J connectivity index is 1.50. The Hall–Kier alpha value is -2.41. The summed E-state index contributed by atoms with van der Waals surface area (Å²) in [5.74, 6) is -1.01. The van der Waals surface area contributed by atoms with E-state index in [4.69, 9.17) is 5.11 Å². The fourth-order valence-corrected chi connectivity index (χ4v) is 4.15. The van der Waals surface area contributed by atoms with Gasteiger partial charge in [-0.1, -0.05) is 30.3 Å². The molecule has 0 aromatic heterocycles. The molecule has 2 aliphatic heterocycles. The lowest BCUT2D eigenvalue weighted by molar-refractivity contribution is -0.147. The quantitative estimate of drug-likeness (QED) is 0.772. The number of hydrogen-bond donors (Lipinski definition) is 2. The van der Waals surface area contributed by atoms with Crippen LogP contribution in [0.4, 0.5) is 0 Å². The largest absolute Gasteiger partial charge is 0.480 e. The van der Waals surface area contributed by atoms with Gasteiger partial charge in [-0.25, -0.2) is 0 Å². The first kappa shape index (κ1) is 20.3. The van der Waals surface area contributed by atoms with Crippen LogP contribution in [0.25, 0.3) is 0 Å². The minimum absolute atomic E-state index is 0.0315. The SMILES string of the molecule is O=C(O)CN1CCCCC(N2CCC(C(=O)NCc3ccccc3)CC2)C1=O. The van der Waals surface area contributed by atoms with Gasteiger partial charge in [-0.3, -0.25) is 19.3 Å². The molecule has 0 aliphatic carbocycles. The van der Waals surface area contributed by atoms with E-state index < -0.39 is 5.97 Å². The molecular weight excluding hydrogens is 358 g/mol. The van der Waals surface area contributed by atoms with Crippen molar-refractivity contribution in [3.63, 3.8) is 0 Å². The van der Waals surface area contributed by atoms with Crippen LogP contribution in [0.3, 0.4) is 0 Å². The van der Waals surface area contributed by atoms with Gasteiger partial charge >= 0.3 is 5.97 Å². The van der Waals surface area contributed by atoms with Crippen molar-refractivity contribution in [2.24, 2.45) is 5.92 Å². The Morgan fingerprint density at radius 3 is 2.43 bits per heavy atom. The van der Waals surface area contributed by atoms with Gasteiger partial charge in [0.2, 0.25) is 11.8 Å². The summed E-state index contributed by atoms with van der Waals surface area (Å²) in [5.41, 5.74) is 1.08. The van der Waals surface area contributed by atoms with Crippen LogP contribution in [0.5, 0.6) is 0 Å². The van der Waals surface area contributed by atoms with E-state index in [-0.39, 0.29) is 30.3 Å². The Morgan fingerprint density at radius 2 is 1.75 bits per heavy atom. The zero-order valence-electron chi connectivity index (χ0n) is 16.2. The maximum absolute atomic E-state index is 12.8. The van der Waals surface area contributed by atoms with Crippen LogP contribution < -0.4 is 5.32 Å². The molecule has 28 heavy (non-hydrogen) atoms. The summed E-state index contributed by atoms with van der Waals surface area (Å²) < 4.78 is 0. The average molecular weight is 387 g/mol. The number of likely N-dealkylation sites (tertiary alicyclic amines) is 2. The molecule has 3 rings (SSSR count). The molecule has 7 heteroatoms. The molecule has 0 radical (unpaired) electrons. The molecule has 0 spiro atoms. The number of carbonyl (C=O) groups is 3. The molecule has 2 amide bonds. The molecule has 1 unspecified atom stereocenters. The lowest BCUT2D eigenvalue weighted by Crippen LogP contribution is -2.52. The van der Waals surface area contributed by atoms with E-state index in [1.54, 1.807) is 0 Å². The lowest BCUT2D eigenvalue weighted by atomic mass is 9.94. The van der Waals surface area contributed by atoms with Crippen molar-refractivity contribution in [3.8, 4) is 0 Å². The molecule has 2 heterocycles. The Labute approximate surface area is 165 Å². The average Bonchev–Trinajstić information content (AvgIpc) is 2.88. The summed E-state index contributed by atoms with van der Waals surface area (Å²) in [5, 5.41) is 12.1. The maximum Gasteiger partial charge on any atom is 0.323 e. The van der Waals surface area contributed by atoms with Crippen LogP contribution in [0.1, 0.15) is 37.7 Å². The number of carboxylic acids is 1. The second-order valence-corrected chi connectivity index (χ2v) is 7.68. The Bertz CT molecular complexity index is 686. The zero-order valence-corrected chi connectivity index (χ0v) is 16.2. The van der Waals surface area contributed by atoms with E-state index in [9.17, 15) is 14.4 Å². The number of nitrogens with zero attached hydrogens (tertiary/aromatic N) is 2. The summed E-state index contributed by atoms with van der Waals surface area (Å²) in [4.78, 5) is 39.9. The summed E-state index contributed by atoms with van der Waals surface area (Å²) in [7, 11) is 0. The monoisotopic (exact) mass is 387 g/mol. The number of amides is 2. The third kappa shape index (κ3) is 5.32. The summed E-state index contributed by atoms with van der Waals surface area (Å²) in [6.07, 6.45) is 3.98. The summed E-state index contributed by atoms with van der Waals surface area (Å²) >= 11 is 0. The smallest absolute Gasteiger partial charge is 0.323 e. The number of carboxylic acid groups (broad SMARTS) is 1. The molecule has 152 valence electrons. The van der Waals surface area contributed by atoms with Gasteiger partial charge in [0, 0.05) is 19.0 Å². The first-order valence-electron chi connectivity index (χ1n) is 10.1. The van der Waals surface area contributed by atoms with E-state index in [0.29, 0.717) is 26.2 Å². The number of piperidine rings is 1. The molecule has 7 nitrogen and oxygen atoms in total. The predicted molar refractivity (Wildman–Crippen MR) is 104 cm³/mol. The number of nitrogens with one attached hydrogen (secondary N) is 1. The minimum Gasteiger partial charge on any atom is -0.480 e. The van der Waals surface area contributed by atoms with Gasteiger partial charge in [-0.15, -0.1) is 0 Å². The molecule has 1 aromatic carbocycles. The van der Waals surface area contributed by atoms with Crippen molar-refractivity contribution in [1.82, 2.24) is 15.1 Å². The van der Waals surface area contributed by atoms with Crippen LogP contribution in [-0.2, 0) is 20.9 Å². The van der Waals surface area contributed by atoms with Crippen LogP contribution >= 0.6 is 0 Å². The molecule has 0 bridgehead atoms. The fraction of sp³-hybridized carbons (Fsp3) is 0.571. The van der Waals surface area contributed by atoms with Gasteiger partial charge in [-0.2, -0.15) is 0 Å². The number of carbonyl (C=O) groups excluding carboxylic acids is 2. The van der Waals surface area contributed by atoms with Crippen molar-refractivity contribution in [3.05, 3.63) is 35.9 Å². The standard InChI is InChI=1S/C21H29N3O4/c25-19(26)15-24-11-5-4-8-18(21(24)28)23-12-9-17(10-13-23)20(27)22-14-16-6-2-1-3-7-16/h1-3,6-7,17-18H,4-5,8-15H2,(H,22,27)(H,25,26). The van der Waals surface area contributed by atoms with Crippen molar-refractivity contribution in [2.75, 3.05) is 26.2 Å². The highest BCUT2D eigenvalue weighted by Gasteiger charge is 2.35. The second kappa shape index (κ2) is 9.68. The van der Waals surface area contributed by atoms with Gasteiger partial charge in [0.25, 0.3) is 0 Å². The molecule has 1 aromatic rings. The lowest BCUT2D eigenvalue weighted by Gasteiger charge is -2.37. The zero-order chi connectivity index (χ0) is 19.9. The van der Waals surface area contributed by atoms with E-state index in [1.165, 1.54) is 4.90 Å². The van der Waals surface area contributed by atoms with Crippen LogP contribution in [0.2, 0.25) is 0 Å². The molecule has 1 atom stereocenters. The maximum atomic E-state index is 12.8. The van der Waals surface area contributed by atoms with Gasteiger partial charge in [0.1, 0.15) is 6.54 Å². The number of rotatable bonds is 6. The molecule has 2 saturated heterocycles. The molecule has 2 fully saturated rings. The van der Waals surface area contributed by atoms with E-state index >= 15 is 0 Å². The fourth-order valence-electron chi connectivity index (χ4n) is 4.15. The van der Waals surface area contributed by atoms with Gasteiger partial charge < -0.3 is 15.3 Å².